The second-order valence-electron chi connectivity index (χ2n) is 4.00. The SMILES string of the molecule is CCCCCNC(=O)c1ccc2ocnc2c1. The average Bonchev–Trinajstić information content (AvgIpc) is 2.81. The Bertz CT molecular complexity index is 505. The molecule has 90 valence electrons. The van der Waals surface area contributed by atoms with Crippen LogP contribution in [0.25, 0.3) is 11.1 Å². The fraction of sp³-hybridized carbons (Fsp3) is 0.385. The highest BCUT2D eigenvalue weighted by Gasteiger charge is 2.07. The molecule has 1 aromatic carbocycles. The number of fused-ring (bicyclic) bond motifs is 1. The number of oxazole rings is 1. The van der Waals surface area contributed by atoms with Crippen LogP contribution in [0.2, 0.25) is 0 Å². The van der Waals surface area contributed by atoms with Crippen LogP contribution in [0.5, 0.6) is 0 Å². The molecule has 4 nitrogen and oxygen atoms in total. The van der Waals surface area contributed by atoms with Crippen LogP contribution in [0, 0.1) is 0 Å². The largest absolute Gasteiger partial charge is 0.443 e. The summed E-state index contributed by atoms with van der Waals surface area (Å²) in [4.78, 5) is 15.8. The molecule has 0 spiro atoms. The Morgan fingerprint density at radius 2 is 2.29 bits per heavy atom. The fourth-order valence-corrected chi connectivity index (χ4v) is 1.68. The first-order valence-electron chi connectivity index (χ1n) is 5.92. The molecule has 2 rings (SSSR count). The van der Waals surface area contributed by atoms with Gasteiger partial charge in [-0.15, -0.1) is 0 Å². The Kier molecular flexibility index (Phi) is 3.75. The molecule has 0 bridgehead atoms. The second-order valence-corrected chi connectivity index (χ2v) is 4.00. The molecule has 1 aromatic heterocycles. The van der Waals surface area contributed by atoms with E-state index in [1.165, 1.54) is 6.39 Å². The average molecular weight is 232 g/mol. The minimum atomic E-state index is -0.0500. The fourth-order valence-electron chi connectivity index (χ4n) is 1.68. The summed E-state index contributed by atoms with van der Waals surface area (Å²) >= 11 is 0. The number of nitrogens with zero attached hydrogens (tertiary/aromatic N) is 1. The van der Waals surface area contributed by atoms with Gasteiger partial charge < -0.3 is 9.73 Å². The van der Waals surface area contributed by atoms with Gasteiger partial charge in [-0.2, -0.15) is 0 Å². The Balaban J connectivity index is 1.98. The summed E-state index contributed by atoms with van der Waals surface area (Å²) in [6, 6.07) is 5.26. The topological polar surface area (TPSA) is 55.1 Å². The lowest BCUT2D eigenvalue weighted by Crippen LogP contribution is -2.24. The van der Waals surface area contributed by atoms with Crippen molar-refractivity contribution >= 4 is 17.0 Å². The molecule has 0 aliphatic rings. The summed E-state index contributed by atoms with van der Waals surface area (Å²) in [6.45, 7) is 2.86. The Morgan fingerprint density at radius 3 is 3.12 bits per heavy atom. The van der Waals surface area contributed by atoms with Crippen LogP contribution in [-0.4, -0.2) is 17.4 Å². The van der Waals surface area contributed by atoms with Crippen LogP contribution in [0.3, 0.4) is 0 Å². The number of benzene rings is 1. The van der Waals surface area contributed by atoms with E-state index >= 15 is 0 Å². The Hall–Kier alpha value is -1.84. The first-order valence-corrected chi connectivity index (χ1v) is 5.92. The third-order valence-electron chi connectivity index (χ3n) is 2.66. The van der Waals surface area contributed by atoms with Crippen molar-refractivity contribution < 1.29 is 9.21 Å². The summed E-state index contributed by atoms with van der Waals surface area (Å²) in [5, 5.41) is 2.89. The number of amides is 1. The van der Waals surface area contributed by atoms with Crippen LogP contribution in [0.1, 0.15) is 36.5 Å². The predicted octanol–water partition coefficient (Wildman–Crippen LogP) is 2.75. The van der Waals surface area contributed by atoms with Gasteiger partial charge in [0.1, 0.15) is 5.52 Å². The third-order valence-corrected chi connectivity index (χ3v) is 2.66. The monoisotopic (exact) mass is 232 g/mol. The van der Waals surface area contributed by atoms with Gasteiger partial charge in [0.25, 0.3) is 5.91 Å². The highest BCUT2D eigenvalue weighted by molar-refractivity contribution is 5.96. The number of aromatic nitrogens is 1. The van der Waals surface area contributed by atoms with Crippen molar-refractivity contribution in [1.82, 2.24) is 10.3 Å². The van der Waals surface area contributed by atoms with E-state index in [9.17, 15) is 4.79 Å². The van der Waals surface area contributed by atoms with Crippen molar-refractivity contribution in [1.29, 1.82) is 0 Å². The van der Waals surface area contributed by atoms with Crippen LogP contribution in [0.15, 0.2) is 29.0 Å². The molecule has 0 atom stereocenters. The van der Waals surface area contributed by atoms with E-state index in [1.54, 1.807) is 18.2 Å². The molecule has 1 amide bonds. The normalized spacial score (nSPS) is 10.6. The van der Waals surface area contributed by atoms with Crippen LogP contribution in [-0.2, 0) is 0 Å². The van der Waals surface area contributed by atoms with Gasteiger partial charge in [-0.1, -0.05) is 19.8 Å². The molecule has 4 heteroatoms. The van der Waals surface area contributed by atoms with E-state index in [2.05, 4.69) is 17.2 Å². The molecular formula is C13H16N2O2. The number of hydrogen-bond acceptors (Lipinski definition) is 3. The van der Waals surface area contributed by atoms with E-state index in [-0.39, 0.29) is 5.91 Å². The van der Waals surface area contributed by atoms with Gasteiger partial charge in [-0.25, -0.2) is 4.98 Å². The van der Waals surface area contributed by atoms with Gasteiger partial charge in [0.15, 0.2) is 12.0 Å². The first-order chi connectivity index (χ1) is 8.31. The highest BCUT2D eigenvalue weighted by Crippen LogP contribution is 2.13. The lowest BCUT2D eigenvalue weighted by Gasteiger charge is -2.04. The van der Waals surface area contributed by atoms with E-state index in [4.69, 9.17) is 4.42 Å². The van der Waals surface area contributed by atoms with Crippen molar-refractivity contribution in [2.24, 2.45) is 0 Å². The lowest BCUT2D eigenvalue weighted by molar-refractivity contribution is 0.0953. The maximum Gasteiger partial charge on any atom is 0.251 e. The molecule has 0 aliphatic heterocycles. The van der Waals surface area contributed by atoms with Crippen molar-refractivity contribution in [3.05, 3.63) is 30.2 Å². The van der Waals surface area contributed by atoms with Gasteiger partial charge in [0, 0.05) is 12.1 Å². The number of unbranched alkanes of at least 4 members (excludes halogenated alkanes) is 2. The zero-order valence-corrected chi connectivity index (χ0v) is 9.90. The number of carbonyl (C=O) groups excluding carboxylic acids is 1. The number of rotatable bonds is 5. The van der Waals surface area contributed by atoms with Crippen molar-refractivity contribution in [2.75, 3.05) is 6.54 Å². The molecule has 0 aliphatic carbocycles. The molecule has 0 saturated heterocycles. The van der Waals surface area contributed by atoms with Crippen LogP contribution >= 0.6 is 0 Å². The number of carbonyl (C=O) groups is 1. The van der Waals surface area contributed by atoms with E-state index < -0.39 is 0 Å². The van der Waals surface area contributed by atoms with Crippen LogP contribution in [0.4, 0.5) is 0 Å². The number of hydrogen-bond donors (Lipinski definition) is 1. The van der Waals surface area contributed by atoms with Gasteiger partial charge in [0.2, 0.25) is 0 Å². The van der Waals surface area contributed by atoms with Crippen molar-refractivity contribution in [3.8, 4) is 0 Å². The van der Waals surface area contributed by atoms with Crippen molar-refractivity contribution in [2.45, 2.75) is 26.2 Å². The van der Waals surface area contributed by atoms with Crippen LogP contribution < -0.4 is 5.32 Å². The van der Waals surface area contributed by atoms with Gasteiger partial charge >= 0.3 is 0 Å². The molecule has 17 heavy (non-hydrogen) atoms. The maximum absolute atomic E-state index is 11.8. The lowest BCUT2D eigenvalue weighted by atomic mass is 10.2. The zero-order valence-electron chi connectivity index (χ0n) is 9.90. The summed E-state index contributed by atoms with van der Waals surface area (Å²) in [7, 11) is 0. The summed E-state index contributed by atoms with van der Waals surface area (Å²) in [5.74, 6) is -0.0500. The molecule has 0 unspecified atom stereocenters. The summed E-state index contributed by atoms with van der Waals surface area (Å²) in [6.07, 6.45) is 4.70. The second kappa shape index (κ2) is 5.48. The molecule has 2 aromatic rings. The predicted molar refractivity (Wildman–Crippen MR) is 65.9 cm³/mol. The van der Waals surface area contributed by atoms with Gasteiger partial charge in [0.05, 0.1) is 0 Å². The quantitative estimate of drug-likeness (QED) is 0.806. The zero-order chi connectivity index (χ0) is 12.1. The highest BCUT2D eigenvalue weighted by atomic mass is 16.3. The molecule has 1 heterocycles. The molecule has 0 saturated carbocycles. The first kappa shape index (κ1) is 11.6. The Morgan fingerprint density at radius 1 is 1.41 bits per heavy atom. The molecular weight excluding hydrogens is 216 g/mol. The maximum atomic E-state index is 11.8. The smallest absolute Gasteiger partial charge is 0.251 e. The summed E-state index contributed by atoms with van der Waals surface area (Å²) < 4.78 is 5.12. The van der Waals surface area contributed by atoms with Crippen molar-refractivity contribution in [3.63, 3.8) is 0 Å². The van der Waals surface area contributed by atoms with Gasteiger partial charge in [-0.05, 0) is 24.6 Å². The summed E-state index contributed by atoms with van der Waals surface area (Å²) in [5.41, 5.74) is 2.04. The van der Waals surface area contributed by atoms with E-state index in [1.807, 2.05) is 0 Å². The molecule has 1 N–H and O–H groups in total. The number of nitrogens with one attached hydrogen (secondary N) is 1. The third kappa shape index (κ3) is 2.84. The van der Waals surface area contributed by atoms with E-state index in [0.29, 0.717) is 16.7 Å². The molecule has 0 radical (unpaired) electrons. The Labute approximate surface area is 100 Å². The minimum absolute atomic E-state index is 0.0500. The van der Waals surface area contributed by atoms with E-state index in [0.717, 1.165) is 25.8 Å². The minimum Gasteiger partial charge on any atom is -0.443 e. The standard InChI is InChI=1S/C13H16N2O2/c1-2-3-4-7-14-13(16)10-5-6-12-11(8-10)15-9-17-12/h5-6,8-9H,2-4,7H2,1H3,(H,14,16). The van der Waals surface area contributed by atoms with Gasteiger partial charge in [-0.3, -0.25) is 4.79 Å². The molecule has 0 fully saturated rings.